The fourth-order valence-electron chi connectivity index (χ4n) is 3.56. The van der Waals surface area contributed by atoms with Crippen LogP contribution in [0.1, 0.15) is 46.5 Å². The van der Waals surface area contributed by atoms with Gasteiger partial charge in [-0.25, -0.2) is 4.79 Å². The summed E-state index contributed by atoms with van der Waals surface area (Å²) < 4.78 is 5.10. The molecule has 0 radical (unpaired) electrons. The Morgan fingerprint density at radius 3 is 2.24 bits per heavy atom. The second kappa shape index (κ2) is 9.60. The zero-order valence-electron chi connectivity index (χ0n) is 18.4. The molecule has 0 aromatic heterocycles. The third-order valence-corrected chi connectivity index (χ3v) is 5.07. The molecule has 0 fully saturated rings. The van der Waals surface area contributed by atoms with Gasteiger partial charge in [0.2, 0.25) is 0 Å². The maximum atomic E-state index is 12.8. The molecule has 0 bridgehead atoms. The number of hydrogen-bond acceptors (Lipinski definition) is 7. The summed E-state index contributed by atoms with van der Waals surface area (Å²) in [5.74, 6) is -2.96. The van der Waals surface area contributed by atoms with E-state index in [1.54, 1.807) is 25.1 Å². The molecule has 172 valence electrons. The molecule has 2 aromatic rings. The highest BCUT2D eigenvalue weighted by atomic mass is 16.6. The van der Waals surface area contributed by atoms with Crippen LogP contribution in [0, 0.1) is 23.0 Å². The number of nitro groups is 1. The number of nitrogens with one attached hydrogen (secondary N) is 1. The van der Waals surface area contributed by atoms with Crippen LogP contribution < -0.4 is 5.32 Å². The Hall–Kier alpha value is -4.08. The molecule has 10 nitrogen and oxygen atoms in total. The Labute approximate surface area is 189 Å². The topological polar surface area (TPSA) is 136 Å². The number of carbonyl (C=O) groups excluding carboxylic acids is 4. The second-order valence-electron chi connectivity index (χ2n) is 8.10. The van der Waals surface area contributed by atoms with E-state index in [0.29, 0.717) is 5.56 Å². The lowest BCUT2D eigenvalue weighted by Gasteiger charge is -2.25. The number of imide groups is 1. The number of nitro benzene ring substituents is 1. The van der Waals surface area contributed by atoms with Crippen molar-refractivity contribution in [3.8, 4) is 0 Å². The molecule has 0 unspecified atom stereocenters. The minimum atomic E-state index is -1.21. The fraction of sp³-hybridized carbons (Fsp3) is 0.304. The van der Waals surface area contributed by atoms with E-state index in [4.69, 9.17) is 4.74 Å². The van der Waals surface area contributed by atoms with Gasteiger partial charge in [0.15, 0.2) is 6.61 Å². The minimum absolute atomic E-state index is 0.0364. The number of esters is 1. The van der Waals surface area contributed by atoms with Crippen LogP contribution in [0.25, 0.3) is 0 Å². The van der Waals surface area contributed by atoms with Gasteiger partial charge >= 0.3 is 5.97 Å². The normalized spacial score (nSPS) is 13.6. The van der Waals surface area contributed by atoms with Gasteiger partial charge in [-0.3, -0.25) is 29.4 Å². The van der Waals surface area contributed by atoms with Crippen LogP contribution in [0.2, 0.25) is 0 Å². The van der Waals surface area contributed by atoms with E-state index < -0.39 is 41.3 Å². The summed E-state index contributed by atoms with van der Waals surface area (Å²) in [7, 11) is 0. The quantitative estimate of drug-likeness (QED) is 0.281. The number of anilines is 1. The van der Waals surface area contributed by atoms with Gasteiger partial charge < -0.3 is 10.1 Å². The number of nitrogens with zero attached hydrogens (tertiary/aromatic N) is 2. The van der Waals surface area contributed by atoms with Crippen molar-refractivity contribution in [1.82, 2.24) is 4.90 Å². The van der Waals surface area contributed by atoms with Crippen LogP contribution in [-0.2, 0) is 14.3 Å². The lowest BCUT2D eigenvalue weighted by atomic mass is 10.0. The van der Waals surface area contributed by atoms with Crippen LogP contribution in [0.4, 0.5) is 11.4 Å². The molecule has 1 atom stereocenters. The number of benzene rings is 2. The Morgan fingerprint density at radius 2 is 1.70 bits per heavy atom. The second-order valence-corrected chi connectivity index (χ2v) is 8.10. The molecule has 3 rings (SSSR count). The third kappa shape index (κ3) is 5.05. The van der Waals surface area contributed by atoms with Crippen LogP contribution >= 0.6 is 0 Å². The highest BCUT2D eigenvalue weighted by Gasteiger charge is 2.43. The molecular formula is C23H23N3O7. The summed E-state index contributed by atoms with van der Waals surface area (Å²) >= 11 is 0. The SMILES string of the molecule is Cc1ccc(NC(=O)COC(=O)[C@@H](CC(C)C)N2C(=O)c3ccccc3C2=O)c([N+](=O)[O-])c1. The van der Waals surface area contributed by atoms with Gasteiger partial charge in [0.05, 0.1) is 16.1 Å². The predicted molar refractivity (Wildman–Crippen MR) is 118 cm³/mol. The Kier molecular flexibility index (Phi) is 6.86. The van der Waals surface area contributed by atoms with Gasteiger partial charge in [-0.2, -0.15) is 0 Å². The number of ether oxygens (including phenoxy) is 1. The highest BCUT2D eigenvalue weighted by molar-refractivity contribution is 6.22. The summed E-state index contributed by atoms with van der Waals surface area (Å²) in [5.41, 5.74) is 0.717. The number of fused-ring (bicyclic) bond motifs is 1. The minimum Gasteiger partial charge on any atom is -0.454 e. The highest BCUT2D eigenvalue weighted by Crippen LogP contribution is 2.28. The molecule has 1 aliphatic heterocycles. The van der Waals surface area contributed by atoms with E-state index in [2.05, 4.69) is 5.32 Å². The summed E-state index contributed by atoms with van der Waals surface area (Å²) in [6.07, 6.45) is 0.148. The number of aryl methyl sites for hydroxylation is 1. The van der Waals surface area contributed by atoms with E-state index in [-0.39, 0.29) is 34.8 Å². The first-order chi connectivity index (χ1) is 15.6. The van der Waals surface area contributed by atoms with Crippen molar-refractivity contribution in [2.45, 2.75) is 33.2 Å². The van der Waals surface area contributed by atoms with Crippen LogP contribution in [0.15, 0.2) is 42.5 Å². The van der Waals surface area contributed by atoms with Gasteiger partial charge in [0.1, 0.15) is 11.7 Å². The molecule has 2 aromatic carbocycles. The Morgan fingerprint density at radius 1 is 1.09 bits per heavy atom. The molecule has 33 heavy (non-hydrogen) atoms. The molecule has 1 heterocycles. The first-order valence-electron chi connectivity index (χ1n) is 10.3. The molecule has 0 spiro atoms. The summed E-state index contributed by atoms with van der Waals surface area (Å²) in [6, 6.07) is 9.34. The van der Waals surface area contributed by atoms with Crippen molar-refractivity contribution < 1.29 is 28.8 Å². The molecule has 0 saturated heterocycles. The smallest absolute Gasteiger partial charge is 0.329 e. The maximum Gasteiger partial charge on any atom is 0.329 e. The van der Waals surface area contributed by atoms with E-state index in [1.807, 2.05) is 13.8 Å². The van der Waals surface area contributed by atoms with Gasteiger partial charge in [-0.05, 0) is 43.0 Å². The predicted octanol–water partition coefficient (Wildman–Crippen LogP) is 3.10. The number of rotatable bonds is 8. The van der Waals surface area contributed by atoms with Crippen molar-refractivity contribution in [1.29, 1.82) is 0 Å². The van der Waals surface area contributed by atoms with E-state index in [1.165, 1.54) is 24.3 Å². The third-order valence-electron chi connectivity index (χ3n) is 5.07. The summed E-state index contributed by atoms with van der Waals surface area (Å²) in [4.78, 5) is 62.2. The van der Waals surface area contributed by atoms with E-state index >= 15 is 0 Å². The average Bonchev–Trinajstić information content (AvgIpc) is 3.01. The molecule has 10 heteroatoms. The van der Waals surface area contributed by atoms with Crippen molar-refractivity contribution in [2.75, 3.05) is 11.9 Å². The summed E-state index contributed by atoms with van der Waals surface area (Å²) in [5, 5.41) is 13.6. The Balaban J connectivity index is 1.72. The van der Waals surface area contributed by atoms with Crippen molar-refractivity contribution in [2.24, 2.45) is 5.92 Å². The molecule has 0 aliphatic carbocycles. The zero-order chi connectivity index (χ0) is 24.3. The average molecular weight is 453 g/mol. The van der Waals surface area contributed by atoms with Crippen LogP contribution in [0.3, 0.4) is 0 Å². The molecule has 0 saturated carbocycles. The van der Waals surface area contributed by atoms with Gasteiger partial charge in [0, 0.05) is 6.07 Å². The molecular weight excluding hydrogens is 430 g/mol. The first kappa shape index (κ1) is 23.6. The monoisotopic (exact) mass is 453 g/mol. The van der Waals surface area contributed by atoms with Crippen molar-refractivity contribution >= 4 is 35.1 Å². The van der Waals surface area contributed by atoms with Gasteiger partial charge in [0.25, 0.3) is 23.4 Å². The van der Waals surface area contributed by atoms with E-state index in [0.717, 1.165) is 4.90 Å². The van der Waals surface area contributed by atoms with Crippen LogP contribution in [-0.4, -0.2) is 46.2 Å². The molecule has 1 aliphatic rings. The lowest BCUT2D eigenvalue weighted by molar-refractivity contribution is -0.384. The standard InChI is InChI=1S/C23H23N3O7/c1-13(2)10-19(25-21(28)15-6-4-5-7-16(15)22(25)29)23(30)33-12-20(27)24-17-9-8-14(3)11-18(17)26(31)32/h4-9,11,13,19H,10,12H2,1-3H3,(H,24,27)/t19-/m1/s1. The number of carbonyl (C=O) groups is 4. The summed E-state index contributed by atoms with van der Waals surface area (Å²) in [6.45, 7) is 4.58. The lowest BCUT2D eigenvalue weighted by Crippen LogP contribution is -2.46. The zero-order valence-corrected chi connectivity index (χ0v) is 18.4. The van der Waals surface area contributed by atoms with Crippen molar-refractivity contribution in [3.05, 3.63) is 69.3 Å². The van der Waals surface area contributed by atoms with Gasteiger partial charge in [-0.15, -0.1) is 0 Å². The molecule has 3 amide bonds. The first-order valence-corrected chi connectivity index (χ1v) is 10.3. The number of amides is 3. The van der Waals surface area contributed by atoms with Gasteiger partial charge in [-0.1, -0.05) is 32.0 Å². The number of hydrogen-bond donors (Lipinski definition) is 1. The van der Waals surface area contributed by atoms with E-state index in [9.17, 15) is 29.3 Å². The maximum absolute atomic E-state index is 12.8. The largest absolute Gasteiger partial charge is 0.454 e. The Bertz CT molecular complexity index is 1110. The molecule has 1 N–H and O–H groups in total. The van der Waals surface area contributed by atoms with Crippen molar-refractivity contribution in [3.63, 3.8) is 0 Å². The fourth-order valence-corrected chi connectivity index (χ4v) is 3.56. The van der Waals surface area contributed by atoms with Crippen LogP contribution in [0.5, 0.6) is 0 Å².